The van der Waals surface area contributed by atoms with E-state index >= 15 is 0 Å². The number of amides is 3. The van der Waals surface area contributed by atoms with Gasteiger partial charge in [-0.2, -0.15) is 0 Å². The first-order valence-electron chi connectivity index (χ1n) is 12.6. The number of nitrogens with two attached hydrogens (primary N) is 1. The molecular weight excluding hydrogens is 478 g/mol. The van der Waals surface area contributed by atoms with E-state index in [0.29, 0.717) is 41.5 Å². The Balaban J connectivity index is 1.41. The lowest BCUT2D eigenvalue weighted by atomic mass is 9.77. The molecule has 192 valence electrons. The summed E-state index contributed by atoms with van der Waals surface area (Å²) in [6.45, 7) is 12.2. The van der Waals surface area contributed by atoms with Crippen LogP contribution in [-0.4, -0.2) is 45.3 Å². The first kappa shape index (κ1) is 24.8. The van der Waals surface area contributed by atoms with Crippen LogP contribution >= 0.6 is 11.6 Å². The Morgan fingerprint density at radius 1 is 1.17 bits per heavy atom. The number of hydrogen-bond acceptors (Lipinski definition) is 4. The van der Waals surface area contributed by atoms with Gasteiger partial charge in [-0.15, -0.1) is 0 Å². The van der Waals surface area contributed by atoms with Crippen LogP contribution in [0.2, 0.25) is 5.02 Å². The SMILES string of the molecule is CC(=O)N1C[C@H]2CC(C)(C(=O)Nc3cc(-c4cc(C(N)=O)n5c4CC(C)(C)C5)c(Cl)cn3)[C@@H](C)[C@H]2C1. The molecule has 5 rings (SSSR count). The molecule has 1 saturated carbocycles. The normalized spacial score (nSPS) is 28.2. The second-order valence-electron chi connectivity index (χ2n) is 11.9. The van der Waals surface area contributed by atoms with E-state index in [-0.39, 0.29) is 23.1 Å². The van der Waals surface area contributed by atoms with E-state index in [1.54, 1.807) is 25.3 Å². The number of anilines is 1. The molecule has 0 aromatic carbocycles. The van der Waals surface area contributed by atoms with E-state index in [1.165, 1.54) is 0 Å². The van der Waals surface area contributed by atoms with Crippen LogP contribution in [0.3, 0.4) is 0 Å². The van der Waals surface area contributed by atoms with Crippen molar-refractivity contribution in [3.8, 4) is 11.1 Å². The molecule has 4 atom stereocenters. The molecule has 1 aliphatic carbocycles. The van der Waals surface area contributed by atoms with Gasteiger partial charge in [-0.1, -0.05) is 39.3 Å². The van der Waals surface area contributed by atoms with Crippen LogP contribution in [0, 0.1) is 28.6 Å². The molecule has 2 fully saturated rings. The molecule has 2 aromatic rings. The predicted octanol–water partition coefficient (Wildman–Crippen LogP) is 3.96. The fourth-order valence-corrected chi connectivity index (χ4v) is 6.95. The molecule has 4 heterocycles. The average molecular weight is 512 g/mol. The molecule has 8 nitrogen and oxygen atoms in total. The van der Waals surface area contributed by atoms with Crippen LogP contribution in [0.15, 0.2) is 18.3 Å². The topological polar surface area (TPSA) is 110 Å². The third-order valence-corrected chi connectivity index (χ3v) is 9.17. The zero-order valence-corrected chi connectivity index (χ0v) is 22.3. The van der Waals surface area contributed by atoms with Gasteiger partial charge in [0.05, 0.1) is 5.02 Å². The van der Waals surface area contributed by atoms with E-state index in [0.717, 1.165) is 36.2 Å². The molecule has 3 amide bonds. The lowest BCUT2D eigenvalue weighted by molar-refractivity contribution is -0.129. The van der Waals surface area contributed by atoms with Crippen molar-refractivity contribution < 1.29 is 14.4 Å². The molecule has 3 aliphatic rings. The maximum Gasteiger partial charge on any atom is 0.265 e. The largest absolute Gasteiger partial charge is 0.364 e. The zero-order chi connectivity index (χ0) is 26.2. The Morgan fingerprint density at radius 3 is 2.53 bits per heavy atom. The minimum atomic E-state index is -0.555. The van der Waals surface area contributed by atoms with Gasteiger partial charge in [0.15, 0.2) is 0 Å². The highest BCUT2D eigenvalue weighted by Gasteiger charge is 2.55. The number of pyridine rings is 1. The summed E-state index contributed by atoms with van der Waals surface area (Å²) in [5, 5.41) is 3.49. The van der Waals surface area contributed by atoms with Gasteiger partial charge in [0.25, 0.3) is 5.91 Å². The van der Waals surface area contributed by atoms with Gasteiger partial charge in [-0.25, -0.2) is 4.98 Å². The number of fused-ring (bicyclic) bond motifs is 2. The van der Waals surface area contributed by atoms with Crippen LogP contribution in [0.5, 0.6) is 0 Å². The number of rotatable bonds is 4. The van der Waals surface area contributed by atoms with Crippen molar-refractivity contribution in [3.63, 3.8) is 0 Å². The molecule has 3 N–H and O–H groups in total. The fourth-order valence-electron chi connectivity index (χ4n) is 6.75. The summed E-state index contributed by atoms with van der Waals surface area (Å²) < 4.78 is 1.98. The predicted molar refractivity (Wildman–Crippen MR) is 138 cm³/mol. The molecule has 0 bridgehead atoms. The monoisotopic (exact) mass is 511 g/mol. The van der Waals surface area contributed by atoms with Crippen molar-refractivity contribution >= 4 is 35.1 Å². The quantitative estimate of drug-likeness (QED) is 0.647. The van der Waals surface area contributed by atoms with Crippen LogP contribution < -0.4 is 11.1 Å². The number of carbonyl (C=O) groups is 3. The van der Waals surface area contributed by atoms with Gasteiger partial charge >= 0.3 is 0 Å². The molecule has 0 spiro atoms. The van der Waals surface area contributed by atoms with Crippen LogP contribution in [0.4, 0.5) is 5.82 Å². The number of likely N-dealkylation sites (tertiary alicyclic amines) is 1. The number of primary amides is 1. The lowest BCUT2D eigenvalue weighted by Crippen LogP contribution is -2.39. The van der Waals surface area contributed by atoms with Crippen molar-refractivity contribution in [1.82, 2.24) is 14.5 Å². The van der Waals surface area contributed by atoms with Gasteiger partial charge in [-0.05, 0) is 48.1 Å². The van der Waals surface area contributed by atoms with Gasteiger partial charge in [0.1, 0.15) is 11.5 Å². The fraction of sp³-hybridized carbons (Fsp3) is 0.556. The highest BCUT2D eigenvalue weighted by molar-refractivity contribution is 6.33. The minimum absolute atomic E-state index is 0.00463. The standard InChI is InChI=1S/C27H34ClN5O3/c1-14-19-12-32(15(2)34)11-16(19)8-27(14,5)25(36)31-23-7-17(20(28)10-30-23)18-6-21(24(29)35)33-13-26(3,4)9-22(18)33/h6-7,10,14,16,19H,8-9,11-13H2,1-5H3,(H2,29,35)(H,30,31,36)/t14-,16+,19+,27?/m0/s1. The number of halogens is 1. The van der Waals surface area contributed by atoms with Crippen molar-refractivity contribution in [2.45, 2.75) is 54.0 Å². The zero-order valence-electron chi connectivity index (χ0n) is 21.5. The van der Waals surface area contributed by atoms with Gasteiger partial charge < -0.3 is 20.5 Å². The Kier molecular flexibility index (Phi) is 5.74. The molecule has 2 aromatic heterocycles. The van der Waals surface area contributed by atoms with E-state index in [1.807, 2.05) is 16.4 Å². The Hall–Kier alpha value is -2.87. The molecule has 2 aliphatic heterocycles. The van der Waals surface area contributed by atoms with Gasteiger partial charge in [0.2, 0.25) is 11.8 Å². The molecule has 1 unspecified atom stereocenters. The summed E-state index contributed by atoms with van der Waals surface area (Å²) in [6.07, 6.45) is 3.06. The number of nitrogens with one attached hydrogen (secondary N) is 1. The Labute approximate surface area is 216 Å². The number of nitrogens with zero attached hydrogens (tertiary/aromatic N) is 3. The summed E-state index contributed by atoms with van der Waals surface area (Å²) in [5.74, 6) is 0.754. The van der Waals surface area contributed by atoms with Crippen molar-refractivity contribution in [1.29, 1.82) is 0 Å². The van der Waals surface area contributed by atoms with E-state index in [4.69, 9.17) is 17.3 Å². The Morgan fingerprint density at radius 2 is 1.89 bits per heavy atom. The highest BCUT2D eigenvalue weighted by atomic mass is 35.5. The van der Waals surface area contributed by atoms with Crippen molar-refractivity contribution in [2.24, 2.45) is 34.3 Å². The van der Waals surface area contributed by atoms with E-state index in [9.17, 15) is 14.4 Å². The third-order valence-electron chi connectivity index (χ3n) is 8.87. The number of carbonyl (C=O) groups excluding carboxylic acids is 3. The third kappa shape index (κ3) is 3.90. The van der Waals surface area contributed by atoms with Gasteiger partial charge in [-0.3, -0.25) is 14.4 Å². The van der Waals surface area contributed by atoms with Crippen LogP contribution in [-0.2, 0) is 22.6 Å². The second kappa shape index (κ2) is 8.33. The average Bonchev–Trinajstić information content (AvgIpc) is 3.49. The number of aromatic nitrogens is 2. The highest BCUT2D eigenvalue weighted by Crippen LogP contribution is 2.53. The van der Waals surface area contributed by atoms with E-state index < -0.39 is 11.3 Å². The van der Waals surface area contributed by atoms with Crippen molar-refractivity contribution in [3.05, 3.63) is 34.7 Å². The van der Waals surface area contributed by atoms with E-state index in [2.05, 4.69) is 31.1 Å². The molecular formula is C27H34ClN5O3. The molecule has 9 heteroatoms. The van der Waals surface area contributed by atoms with Crippen LogP contribution in [0.25, 0.3) is 11.1 Å². The van der Waals surface area contributed by atoms with Gasteiger partial charge in [0, 0.05) is 55.0 Å². The maximum absolute atomic E-state index is 13.6. The molecule has 0 radical (unpaired) electrons. The summed E-state index contributed by atoms with van der Waals surface area (Å²) in [6, 6.07) is 3.58. The lowest BCUT2D eigenvalue weighted by Gasteiger charge is -2.31. The second-order valence-corrected chi connectivity index (χ2v) is 12.4. The molecule has 1 saturated heterocycles. The Bertz CT molecular complexity index is 1280. The maximum atomic E-state index is 13.6. The summed E-state index contributed by atoms with van der Waals surface area (Å²) in [7, 11) is 0. The van der Waals surface area contributed by atoms with Crippen molar-refractivity contribution in [2.75, 3.05) is 18.4 Å². The number of hydrogen-bond donors (Lipinski definition) is 2. The smallest absolute Gasteiger partial charge is 0.265 e. The van der Waals surface area contributed by atoms with Crippen LogP contribution in [0.1, 0.15) is 57.2 Å². The first-order chi connectivity index (χ1) is 16.8. The summed E-state index contributed by atoms with van der Waals surface area (Å²) in [5.41, 5.74) is 8.15. The summed E-state index contributed by atoms with van der Waals surface area (Å²) >= 11 is 6.58. The minimum Gasteiger partial charge on any atom is -0.364 e. The summed E-state index contributed by atoms with van der Waals surface area (Å²) in [4.78, 5) is 43.8. The first-order valence-corrected chi connectivity index (χ1v) is 12.9. The molecule has 36 heavy (non-hydrogen) atoms.